The summed E-state index contributed by atoms with van der Waals surface area (Å²) in [7, 11) is 1.92. The first-order valence-corrected chi connectivity index (χ1v) is 6.18. The van der Waals surface area contributed by atoms with Gasteiger partial charge in [-0.3, -0.25) is 0 Å². The normalized spacial score (nSPS) is 18.8. The van der Waals surface area contributed by atoms with Crippen molar-refractivity contribution in [1.82, 2.24) is 9.55 Å². The highest BCUT2D eigenvalue weighted by Gasteiger charge is 2.22. The highest BCUT2D eigenvalue weighted by molar-refractivity contribution is 5.36. The number of imidazole rings is 1. The van der Waals surface area contributed by atoms with E-state index in [-0.39, 0.29) is 0 Å². The van der Waals surface area contributed by atoms with Crippen molar-refractivity contribution >= 4 is 5.95 Å². The maximum Gasteiger partial charge on any atom is 0.203 e. The van der Waals surface area contributed by atoms with Gasteiger partial charge in [-0.15, -0.1) is 0 Å². The van der Waals surface area contributed by atoms with Crippen LogP contribution in [-0.2, 0) is 6.42 Å². The molecule has 3 nitrogen and oxygen atoms in total. The number of anilines is 1. The van der Waals surface area contributed by atoms with Crippen LogP contribution in [0.25, 0.3) is 0 Å². The maximum absolute atomic E-state index is 4.33. The summed E-state index contributed by atoms with van der Waals surface area (Å²) >= 11 is 0. The summed E-state index contributed by atoms with van der Waals surface area (Å²) in [6.45, 7) is 0. The van der Waals surface area contributed by atoms with Gasteiger partial charge in [0.25, 0.3) is 0 Å². The minimum atomic E-state index is 0.435. The zero-order valence-electron chi connectivity index (χ0n) is 10.1. The van der Waals surface area contributed by atoms with Crippen molar-refractivity contribution in [3.8, 4) is 0 Å². The predicted octanol–water partition coefficient (Wildman–Crippen LogP) is 2.85. The highest BCUT2D eigenvalue weighted by Crippen LogP contribution is 2.34. The Labute approximate surface area is 101 Å². The molecule has 0 fully saturated rings. The van der Waals surface area contributed by atoms with E-state index in [9.17, 15) is 0 Å². The molecule has 1 N–H and O–H groups in total. The number of hydrogen-bond acceptors (Lipinski definition) is 2. The molecule has 1 aromatic carbocycles. The maximum atomic E-state index is 4.33. The van der Waals surface area contributed by atoms with Gasteiger partial charge >= 0.3 is 0 Å². The lowest BCUT2D eigenvalue weighted by atomic mass is 9.87. The van der Waals surface area contributed by atoms with Crippen LogP contribution in [-0.4, -0.2) is 16.6 Å². The number of nitrogens with zero attached hydrogens (tertiary/aromatic N) is 2. The van der Waals surface area contributed by atoms with Crippen molar-refractivity contribution in [2.24, 2.45) is 0 Å². The predicted molar refractivity (Wildman–Crippen MR) is 69.3 cm³/mol. The fourth-order valence-electron chi connectivity index (χ4n) is 2.78. The van der Waals surface area contributed by atoms with Crippen LogP contribution in [0.5, 0.6) is 0 Å². The van der Waals surface area contributed by atoms with Crippen molar-refractivity contribution in [2.45, 2.75) is 25.3 Å². The number of benzene rings is 1. The van der Waals surface area contributed by atoms with E-state index in [1.54, 1.807) is 0 Å². The Morgan fingerprint density at radius 2 is 2.24 bits per heavy atom. The number of hydrogen-bond donors (Lipinski definition) is 1. The van der Waals surface area contributed by atoms with E-state index < -0.39 is 0 Å². The molecule has 1 atom stereocenters. The topological polar surface area (TPSA) is 29.9 Å². The van der Waals surface area contributed by atoms with E-state index in [1.807, 2.05) is 13.2 Å². The monoisotopic (exact) mass is 227 g/mol. The summed E-state index contributed by atoms with van der Waals surface area (Å²) < 4.78 is 2.25. The number of nitrogens with one attached hydrogen (secondary N) is 1. The Kier molecular flexibility index (Phi) is 2.59. The van der Waals surface area contributed by atoms with Crippen molar-refractivity contribution in [3.63, 3.8) is 0 Å². The molecule has 0 radical (unpaired) electrons. The second-order valence-electron chi connectivity index (χ2n) is 4.51. The Bertz CT molecular complexity index is 516. The van der Waals surface area contributed by atoms with Gasteiger partial charge in [0.1, 0.15) is 0 Å². The number of aryl methyl sites for hydroxylation is 1. The molecule has 1 unspecified atom stereocenters. The SMILES string of the molecule is CNc1nccn1C1CCCc2ccccc21. The van der Waals surface area contributed by atoms with Gasteiger partial charge in [0.2, 0.25) is 5.95 Å². The average molecular weight is 227 g/mol. The molecule has 1 heterocycles. The third-order valence-electron chi connectivity index (χ3n) is 3.57. The Morgan fingerprint density at radius 1 is 1.35 bits per heavy atom. The van der Waals surface area contributed by atoms with Crippen LogP contribution in [0.1, 0.15) is 30.0 Å². The molecule has 0 bridgehead atoms. The summed E-state index contributed by atoms with van der Waals surface area (Å²) in [6, 6.07) is 9.20. The number of fused-ring (bicyclic) bond motifs is 1. The second-order valence-corrected chi connectivity index (χ2v) is 4.51. The minimum Gasteiger partial charge on any atom is -0.359 e. The molecule has 0 spiro atoms. The van der Waals surface area contributed by atoms with Crippen molar-refractivity contribution in [2.75, 3.05) is 12.4 Å². The summed E-state index contributed by atoms with van der Waals surface area (Å²) in [4.78, 5) is 4.33. The zero-order valence-corrected chi connectivity index (χ0v) is 10.1. The van der Waals surface area contributed by atoms with Gasteiger partial charge in [0, 0.05) is 19.4 Å². The van der Waals surface area contributed by atoms with E-state index >= 15 is 0 Å². The molecule has 1 aromatic heterocycles. The standard InChI is InChI=1S/C14H17N3/c1-15-14-16-9-10-17(14)13-8-4-6-11-5-2-3-7-12(11)13/h2-3,5,7,9-10,13H,4,6,8H2,1H3,(H,15,16). The van der Waals surface area contributed by atoms with E-state index in [0.29, 0.717) is 6.04 Å². The Morgan fingerprint density at radius 3 is 3.12 bits per heavy atom. The van der Waals surface area contributed by atoms with Gasteiger partial charge in [-0.1, -0.05) is 24.3 Å². The summed E-state index contributed by atoms with van der Waals surface area (Å²) in [6.07, 6.45) is 7.59. The Hall–Kier alpha value is -1.77. The summed E-state index contributed by atoms with van der Waals surface area (Å²) in [5.41, 5.74) is 2.94. The lowest BCUT2D eigenvalue weighted by Crippen LogP contribution is -2.18. The van der Waals surface area contributed by atoms with Gasteiger partial charge in [0.05, 0.1) is 6.04 Å². The highest BCUT2D eigenvalue weighted by atomic mass is 15.2. The van der Waals surface area contributed by atoms with E-state index in [1.165, 1.54) is 30.4 Å². The van der Waals surface area contributed by atoms with Gasteiger partial charge in [-0.05, 0) is 30.4 Å². The van der Waals surface area contributed by atoms with Crippen LogP contribution >= 0.6 is 0 Å². The van der Waals surface area contributed by atoms with E-state index in [2.05, 4.69) is 45.3 Å². The molecular weight excluding hydrogens is 210 g/mol. The molecule has 1 aliphatic rings. The molecule has 0 amide bonds. The molecule has 88 valence electrons. The smallest absolute Gasteiger partial charge is 0.203 e. The fourth-order valence-corrected chi connectivity index (χ4v) is 2.78. The van der Waals surface area contributed by atoms with E-state index in [4.69, 9.17) is 0 Å². The molecule has 0 aliphatic heterocycles. The Balaban J connectivity index is 2.06. The number of rotatable bonds is 2. The molecule has 2 aromatic rings. The van der Waals surface area contributed by atoms with Crippen molar-refractivity contribution in [1.29, 1.82) is 0 Å². The first kappa shape index (κ1) is 10.4. The third kappa shape index (κ3) is 1.71. The largest absolute Gasteiger partial charge is 0.359 e. The molecule has 1 aliphatic carbocycles. The van der Waals surface area contributed by atoms with Crippen molar-refractivity contribution in [3.05, 3.63) is 47.8 Å². The lowest BCUT2D eigenvalue weighted by Gasteiger charge is -2.27. The van der Waals surface area contributed by atoms with Crippen LogP contribution < -0.4 is 5.32 Å². The average Bonchev–Trinajstić information content (AvgIpc) is 2.86. The first-order valence-electron chi connectivity index (χ1n) is 6.18. The molecule has 3 heteroatoms. The second kappa shape index (κ2) is 4.24. The molecule has 3 rings (SSSR count). The van der Waals surface area contributed by atoms with Gasteiger partial charge in [-0.25, -0.2) is 4.98 Å². The molecule has 17 heavy (non-hydrogen) atoms. The molecule has 0 saturated heterocycles. The minimum absolute atomic E-state index is 0.435. The first-order chi connectivity index (χ1) is 8.40. The van der Waals surface area contributed by atoms with Crippen LogP contribution in [0.3, 0.4) is 0 Å². The summed E-state index contributed by atoms with van der Waals surface area (Å²) in [5.74, 6) is 0.951. The van der Waals surface area contributed by atoms with Gasteiger partial charge < -0.3 is 9.88 Å². The summed E-state index contributed by atoms with van der Waals surface area (Å²) in [5, 5.41) is 3.16. The molecule has 0 saturated carbocycles. The van der Waals surface area contributed by atoms with Gasteiger partial charge in [0.15, 0.2) is 0 Å². The quantitative estimate of drug-likeness (QED) is 0.855. The van der Waals surface area contributed by atoms with Crippen LogP contribution in [0, 0.1) is 0 Å². The number of aromatic nitrogens is 2. The van der Waals surface area contributed by atoms with Crippen LogP contribution in [0.2, 0.25) is 0 Å². The third-order valence-corrected chi connectivity index (χ3v) is 3.57. The van der Waals surface area contributed by atoms with Gasteiger partial charge in [-0.2, -0.15) is 0 Å². The lowest BCUT2D eigenvalue weighted by molar-refractivity contribution is 0.494. The molecular formula is C14H17N3. The van der Waals surface area contributed by atoms with Crippen LogP contribution in [0.15, 0.2) is 36.7 Å². The van der Waals surface area contributed by atoms with Crippen LogP contribution in [0.4, 0.5) is 5.95 Å². The van der Waals surface area contributed by atoms with E-state index in [0.717, 1.165) is 5.95 Å². The zero-order chi connectivity index (χ0) is 11.7. The van der Waals surface area contributed by atoms with Crippen molar-refractivity contribution < 1.29 is 0 Å². The fraction of sp³-hybridized carbons (Fsp3) is 0.357.